The van der Waals surface area contributed by atoms with E-state index in [2.05, 4.69) is 17.0 Å². The van der Waals surface area contributed by atoms with Gasteiger partial charge in [-0.3, -0.25) is 9.80 Å². The van der Waals surface area contributed by atoms with E-state index < -0.39 is 0 Å². The lowest BCUT2D eigenvalue weighted by atomic mass is 10.1. The van der Waals surface area contributed by atoms with Crippen molar-refractivity contribution in [3.05, 3.63) is 52.5 Å². The van der Waals surface area contributed by atoms with Crippen molar-refractivity contribution in [2.75, 3.05) is 11.6 Å². The van der Waals surface area contributed by atoms with Crippen LogP contribution in [0.15, 0.2) is 47.6 Å². The first-order valence-electron chi connectivity index (χ1n) is 6.86. The predicted molar refractivity (Wildman–Crippen MR) is 92.5 cm³/mol. The fraction of sp³-hybridized carbons (Fsp3) is 0.250. The molecular formula is C16H17Cl2N3O. The van der Waals surface area contributed by atoms with Gasteiger partial charge in [-0.15, -0.1) is 0 Å². The van der Waals surface area contributed by atoms with Gasteiger partial charge in [0.05, 0.1) is 22.3 Å². The summed E-state index contributed by atoms with van der Waals surface area (Å²) in [4.78, 5) is 12.0. The molecule has 4 nitrogen and oxygen atoms in total. The quantitative estimate of drug-likeness (QED) is 0.668. The maximum Gasteiger partial charge on any atom is 0.256 e. The number of nitrogens with one attached hydrogen (secondary N) is 1. The number of carbonyl (C=O) groups is 1. The fourth-order valence-electron chi connectivity index (χ4n) is 2.05. The molecule has 1 N–H and O–H groups in total. The maximum atomic E-state index is 12.0. The Morgan fingerprint density at radius 3 is 2.82 bits per heavy atom. The molecule has 0 bridgehead atoms. The first kappa shape index (κ1) is 16.6. The van der Waals surface area contributed by atoms with E-state index in [0.29, 0.717) is 28.0 Å². The highest BCUT2D eigenvalue weighted by Crippen LogP contribution is 2.29. The van der Waals surface area contributed by atoms with Crippen molar-refractivity contribution in [1.29, 1.82) is 0 Å². The van der Waals surface area contributed by atoms with Crippen LogP contribution in [0.5, 0.6) is 0 Å². The summed E-state index contributed by atoms with van der Waals surface area (Å²) >= 11 is 11.9. The third-order valence-corrected chi connectivity index (χ3v) is 3.98. The molecule has 0 saturated heterocycles. The number of nitrogens with zero attached hydrogens (tertiary/aromatic N) is 2. The van der Waals surface area contributed by atoms with Crippen LogP contribution >= 0.6 is 23.2 Å². The average molecular weight is 338 g/mol. The zero-order chi connectivity index (χ0) is 16.3. The second-order valence-electron chi connectivity index (χ2n) is 5.05. The molecule has 2 rings (SSSR count). The van der Waals surface area contributed by atoms with Crippen molar-refractivity contribution in [1.82, 2.24) is 5.32 Å². The minimum absolute atomic E-state index is 0.0943. The lowest BCUT2D eigenvalue weighted by molar-refractivity contribution is -0.115. The third kappa shape index (κ3) is 3.70. The second kappa shape index (κ2) is 6.99. The van der Waals surface area contributed by atoms with Crippen LogP contribution < -0.4 is 10.3 Å². The van der Waals surface area contributed by atoms with Crippen LogP contribution in [-0.2, 0) is 4.79 Å². The molecule has 0 spiro atoms. The van der Waals surface area contributed by atoms with E-state index >= 15 is 0 Å². The van der Waals surface area contributed by atoms with E-state index in [1.807, 2.05) is 19.9 Å². The Morgan fingerprint density at radius 2 is 2.18 bits per heavy atom. The number of hydrazone groups is 1. The van der Waals surface area contributed by atoms with Gasteiger partial charge in [-0.25, -0.2) is 0 Å². The van der Waals surface area contributed by atoms with Crippen LogP contribution in [0.3, 0.4) is 0 Å². The number of amidine groups is 1. The zero-order valence-corrected chi connectivity index (χ0v) is 13.9. The van der Waals surface area contributed by atoms with Gasteiger partial charge in [-0.05, 0) is 25.1 Å². The summed E-state index contributed by atoms with van der Waals surface area (Å²) in [6, 6.07) is 5.32. The summed E-state index contributed by atoms with van der Waals surface area (Å²) in [5.41, 5.74) is 1.23. The number of hydrogen-bond acceptors (Lipinski definition) is 3. The Balaban J connectivity index is 2.14. The average Bonchev–Trinajstić information content (AvgIpc) is 2.83. The Morgan fingerprint density at radius 1 is 1.45 bits per heavy atom. The molecular weight excluding hydrogens is 321 g/mol. The van der Waals surface area contributed by atoms with Gasteiger partial charge in [-0.1, -0.05) is 48.9 Å². The van der Waals surface area contributed by atoms with E-state index in [1.54, 1.807) is 29.3 Å². The van der Waals surface area contributed by atoms with Crippen molar-refractivity contribution in [3.8, 4) is 0 Å². The molecule has 22 heavy (non-hydrogen) atoms. The lowest BCUT2D eigenvalue weighted by Gasteiger charge is -2.14. The monoisotopic (exact) mass is 337 g/mol. The predicted octanol–water partition coefficient (Wildman–Crippen LogP) is 4.01. The zero-order valence-electron chi connectivity index (χ0n) is 12.4. The Bertz CT molecular complexity index is 667. The molecule has 1 aromatic carbocycles. The van der Waals surface area contributed by atoms with Gasteiger partial charge in [-0.2, -0.15) is 5.10 Å². The number of allylic oxidation sites excluding steroid dienone is 1. The highest BCUT2D eigenvalue weighted by molar-refractivity contribution is 6.42. The molecule has 0 unspecified atom stereocenters. The maximum absolute atomic E-state index is 12.0. The van der Waals surface area contributed by atoms with Gasteiger partial charge >= 0.3 is 0 Å². The van der Waals surface area contributed by atoms with E-state index in [0.717, 1.165) is 5.69 Å². The molecule has 1 aromatic rings. The van der Waals surface area contributed by atoms with E-state index in [1.165, 1.54) is 0 Å². The standard InChI is InChI=1S/C16H17Cl2N3O/c1-4-5-10(2)16(22)19-15-11(3)9-21(20-15)12-6-7-13(17)14(18)8-12/h4-8,11H,2,9H2,1,3H3,(H,19,20,22)/b5-4-/t11-/m0/s1. The van der Waals surface area contributed by atoms with E-state index in [-0.39, 0.29) is 11.8 Å². The number of rotatable bonds is 3. The normalized spacial score (nSPS) is 17.7. The van der Waals surface area contributed by atoms with Crippen molar-refractivity contribution < 1.29 is 4.79 Å². The molecule has 1 atom stereocenters. The lowest BCUT2D eigenvalue weighted by Crippen LogP contribution is -2.34. The third-order valence-electron chi connectivity index (χ3n) is 3.24. The van der Waals surface area contributed by atoms with Crippen LogP contribution in [0.4, 0.5) is 5.69 Å². The van der Waals surface area contributed by atoms with Gasteiger partial charge < -0.3 is 5.32 Å². The number of benzene rings is 1. The number of halogens is 2. The van der Waals surface area contributed by atoms with Gasteiger partial charge in [0.2, 0.25) is 0 Å². The van der Waals surface area contributed by atoms with Crippen LogP contribution in [0.2, 0.25) is 10.0 Å². The van der Waals surface area contributed by atoms with Crippen molar-refractivity contribution in [2.45, 2.75) is 13.8 Å². The molecule has 1 aliphatic rings. The van der Waals surface area contributed by atoms with E-state index in [4.69, 9.17) is 23.2 Å². The topological polar surface area (TPSA) is 44.7 Å². The molecule has 0 saturated carbocycles. The summed E-state index contributed by atoms with van der Waals surface area (Å²) in [5.74, 6) is 0.457. The summed E-state index contributed by atoms with van der Waals surface area (Å²) in [5, 5.41) is 10.0. The van der Waals surface area contributed by atoms with E-state index in [9.17, 15) is 4.79 Å². The Kier molecular flexibility index (Phi) is 5.27. The molecule has 0 radical (unpaired) electrons. The number of anilines is 1. The molecule has 6 heteroatoms. The Hall–Kier alpha value is -1.78. The summed E-state index contributed by atoms with van der Waals surface area (Å²) in [7, 11) is 0. The smallest absolute Gasteiger partial charge is 0.256 e. The molecule has 0 fully saturated rings. The first-order chi connectivity index (χ1) is 10.4. The first-order valence-corrected chi connectivity index (χ1v) is 7.62. The Labute approximate surface area is 140 Å². The highest BCUT2D eigenvalue weighted by atomic mass is 35.5. The molecule has 1 amide bonds. The summed E-state index contributed by atoms with van der Waals surface area (Å²) in [6.45, 7) is 8.20. The van der Waals surface area contributed by atoms with Crippen LogP contribution in [0, 0.1) is 5.92 Å². The fourth-order valence-corrected chi connectivity index (χ4v) is 2.34. The largest absolute Gasteiger partial charge is 0.308 e. The second-order valence-corrected chi connectivity index (χ2v) is 5.86. The van der Waals surface area contributed by atoms with Gasteiger partial charge in [0, 0.05) is 11.5 Å². The molecule has 0 aromatic heterocycles. The number of amides is 1. The highest BCUT2D eigenvalue weighted by Gasteiger charge is 2.25. The molecule has 116 valence electrons. The van der Waals surface area contributed by atoms with Crippen LogP contribution in [-0.4, -0.2) is 18.3 Å². The number of carbonyl (C=O) groups excluding carboxylic acids is 1. The van der Waals surface area contributed by atoms with Crippen molar-refractivity contribution in [3.63, 3.8) is 0 Å². The minimum atomic E-state index is -0.250. The van der Waals surface area contributed by atoms with Crippen LogP contribution in [0.1, 0.15) is 13.8 Å². The van der Waals surface area contributed by atoms with Gasteiger partial charge in [0.15, 0.2) is 0 Å². The number of hydrogen-bond donors (Lipinski definition) is 1. The molecule has 1 heterocycles. The van der Waals surface area contributed by atoms with Crippen LogP contribution in [0.25, 0.3) is 0 Å². The van der Waals surface area contributed by atoms with Gasteiger partial charge in [0.1, 0.15) is 5.84 Å². The molecule has 0 aliphatic carbocycles. The minimum Gasteiger partial charge on any atom is -0.308 e. The van der Waals surface area contributed by atoms with Gasteiger partial charge in [0.25, 0.3) is 5.91 Å². The van der Waals surface area contributed by atoms with Crippen molar-refractivity contribution in [2.24, 2.45) is 11.0 Å². The SMILES string of the molecule is C=C(/C=C\C)C(=O)NC1=NN(c2ccc(Cl)c(Cl)c2)C[C@@H]1C. The van der Waals surface area contributed by atoms with Crippen molar-refractivity contribution >= 4 is 40.6 Å². The summed E-state index contributed by atoms with van der Waals surface area (Å²) in [6.07, 6.45) is 3.43. The molecule has 1 aliphatic heterocycles. The summed E-state index contributed by atoms with van der Waals surface area (Å²) < 4.78 is 0.